The third kappa shape index (κ3) is 3.69. The van der Waals surface area contributed by atoms with Gasteiger partial charge >= 0.3 is 0 Å². The van der Waals surface area contributed by atoms with Crippen molar-refractivity contribution in [1.29, 1.82) is 0 Å². The lowest BCUT2D eigenvalue weighted by Gasteiger charge is -2.20. The van der Waals surface area contributed by atoms with Gasteiger partial charge in [0.05, 0.1) is 11.3 Å². The van der Waals surface area contributed by atoms with Crippen molar-refractivity contribution < 1.29 is 14.0 Å². The second kappa shape index (κ2) is 8.19. The number of imide groups is 1. The van der Waals surface area contributed by atoms with Gasteiger partial charge in [-0.05, 0) is 61.1 Å². The predicted molar refractivity (Wildman–Crippen MR) is 112 cm³/mol. The summed E-state index contributed by atoms with van der Waals surface area (Å²) in [6.07, 6.45) is 5.20. The molecule has 2 aliphatic rings. The van der Waals surface area contributed by atoms with Crippen LogP contribution in [0.4, 0.5) is 10.1 Å². The average Bonchev–Trinajstić information content (AvgIpc) is 3.34. The van der Waals surface area contributed by atoms with E-state index in [4.69, 9.17) is 0 Å². The standard InChI is InChI=1S/C24H25FN2O2/c1-2-3-6-17-7-13-20(14-8-17)27-23(28)21(18-9-11-19(25)12-10-18)22(24(27)29)26-15-4-5-16-26/h7-14H,2-6,15-16H2,1H3. The fourth-order valence-corrected chi connectivity index (χ4v) is 4.06. The number of aryl methyl sites for hydroxylation is 1. The first-order valence-corrected chi connectivity index (χ1v) is 10.3. The second-order valence-corrected chi connectivity index (χ2v) is 7.64. The van der Waals surface area contributed by atoms with E-state index >= 15 is 0 Å². The average molecular weight is 392 g/mol. The highest BCUT2D eigenvalue weighted by Crippen LogP contribution is 2.36. The molecule has 0 unspecified atom stereocenters. The third-order valence-electron chi connectivity index (χ3n) is 5.63. The highest BCUT2D eigenvalue weighted by molar-refractivity contribution is 6.45. The number of halogens is 1. The van der Waals surface area contributed by atoms with Gasteiger partial charge in [0.2, 0.25) is 0 Å². The van der Waals surface area contributed by atoms with E-state index in [1.807, 2.05) is 29.2 Å². The molecule has 4 nitrogen and oxygen atoms in total. The summed E-state index contributed by atoms with van der Waals surface area (Å²) in [6, 6.07) is 13.5. The lowest BCUT2D eigenvalue weighted by molar-refractivity contribution is -0.120. The van der Waals surface area contributed by atoms with E-state index in [2.05, 4.69) is 6.92 Å². The Labute approximate surface area is 170 Å². The van der Waals surface area contributed by atoms with Gasteiger partial charge in [0, 0.05) is 13.1 Å². The Kier molecular flexibility index (Phi) is 5.47. The molecule has 0 aromatic heterocycles. The molecule has 0 aliphatic carbocycles. The predicted octanol–water partition coefficient (Wildman–Crippen LogP) is 4.55. The minimum atomic E-state index is -0.367. The van der Waals surface area contributed by atoms with Gasteiger partial charge in [-0.3, -0.25) is 9.59 Å². The van der Waals surface area contributed by atoms with Crippen molar-refractivity contribution in [3.05, 3.63) is 71.2 Å². The molecular weight excluding hydrogens is 367 g/mol. The molecule has 0 radical (unpaired) electrons. The van der Waals surface area contributed by atoms with Gasteiger partial charge in [-0.25, -0.2) is 9.29 Å². The molecule has 0 saturated carbocycles. The Morgan fingerprint density at radius 3 is 2.17 bits per heavy atom. The number of amides is 2. The maximum Gasteiger partial charge on any atom is 0.282 e. The zero-order valence-electron chi connectivity index (χ0n) is 16.7. The van der Waals surface area contributed by atoms with Crippen molar-refractivity contribution in [2.75, 3.05) is 18.0 Å². The maximum absolute atomic E-state index is 13.4. The number of nitrogens with zero attached hydrogens (tertiary/aromatic N) is 2. The van der Waals surface area contributed by atoms with Gasteiger partial charge in [0.1, 0.15) is 11.5 Å². The smallest absolute Gasteiger partial charge is 0.282 e. The number of benzene rings is 2. The Morgan fingerprint density at radius 1 is 0.897 bits per heavy atom. The Morgan fingerprint density at radius 2 is 1.55 bits per heavy atom. The Balaban J connectivity index is 1.71. The molecular formula is C24H25FN2O2. The molecule has 150 valence electrons. The topological polar surface area (TPSA) is 40.6 Å². The first-order valence-electron chi connectivity index (χ1n) is 10.3. The van der Waals surface area contributed by atoms with Crippen LogP contribution in [0.2, 0.25) is 0 Å². The molecule has 0 bridgehead atoms. The molecule has 0 spiro atoms. The number of carbonyl (C=O) groups excluding carboxylic acids is 2. The van der Waals surface area contributed by atoms with Crippen molar-refractivity contribution in [3.8, 4) is 0 Å². The summed E-state index contributed by atoms with van der Waals surface area (Å²) < 4.78 is 13.4. The van der Waals surface area contributed by atoms with Gasteiger partial charge in [0.15, 0.2) is 0 Å². The fraction of sp³-hybridized carbons (Fsp3) is 0.333. The molecule has 5 heteroatoms. The molecule has 1 fully saturated rings. The maximum atomic E-state index is 13.4. The van der Waals surface area contributed by atoms with Crippen LogP contribution in [0, 0.1) is 5.82 Å². The molecule has 29 heavy (non-hydrogen) atoms. The summed E-state index contributed by atoms with van der Waals surface area (Å²) >= 11 is 0. The van der Waals surface area contributed by atoms with Crippen molar-refractivity contribution >= 4 is 23.1 Å². The molecule has 2 aromatic carbocycles. The van der Waals surface area contributed by atoms with Crippen LogP contribution in [0.3, 0.4) is 0 Å². The van der Waals surface area contributed by atoms with Crippen molar-refractivity contribution in [1.82, 2.24) is 4.90 Å². The van der Waals surface area contributed by atoms with Gasteiger partial charge in [-0.1, -0.05) is 37.6 Å². The van der Waals surface area contributed by atoms with Crippen LogP contribution in [0.25, 0.3) is 5.57 Å². The van der Waals surface area contributed by atoms with E-state index < -0.39 is 0 Å². The lowest BCUT2D eigenvalue weighted by Crippen LogP contribution is -2.34. The van der Waals surface area contributed by atoms with E-state index in [9.17, 15) is 14.0 Å². The number of unbranched alkanes of at least 4 members (excludes halogenated alkanes) is 1. The monoisotopic (exact) mass is 392 g/mol. The summed E-state index contributed by atoms with van der Waals surface area (Å²) in [4.78, 5) is 29.9. The van der Waals surface area contributed by atoms with Gasteiger partial charge in [0.25, 0.3) is 11.8 Å². The number of anilines is 1. The number of hydrogen-bond acceptors (Lipinski definition) is 3. The number of likely N-dealkylation sites (tertiary alicyclic amines) is 1. The first-order chi connectivity index (χ1) is 14.1. The summed E-state index contributed by atoms with van der Waals surface area (Å²) in [7, 11) is 0. The quantitative estimate of drug-likeness (QED) is 0.677. The van der Waals surface area contributed by atoms with Gasteiger partial charge in [-0.2, -0.15) is 0 Å². The number of hydrogen-bond donors (Lipinski definition) is 0. The third-order valence-corrected chi connectivity index (χ3v) is 5.63. The summed E-state index contributed by atoms with van der Waals surface area (Å²) in [5.74, 6) is -1.00. The van der Waals surface area contributed by atoms with Crippen LogP contribution < -0.4 is 4.90 Å². The minimum Gasteiger partial charge on any atom is -0.366 e. The van der Waals surface area contributed by atoms with Crippen LogP contribution in [-0.4, -0.2) is 29.8 Å². The molecule has 0 atom stereocenters. The van der Waals surface area contributed by atoms with Gasteiger partial charge in [-0.15, -0.1) is 0 Å². The largest absolute Gasteiger partial charge is 0.366 e. The SMILES string of the molecule is CCCCc1ccc(N2C(=O)C(c3ccc(F)cc3)=C(N3CCCC3)C2=O)cc1. The first kappa shape index (κ1) is 19.4. The van der Waals surface area contributed by atoms with E-state index in [-0.39, 0.29) is 17.6 Å². The molecule has 0 N–H and O–H groups in total. The van der Waals surface area contributed by atoms with Crippen LogP contribution in [-0.2, 0) is 16.0 Å². The lowest BCUT2D eigenvalue weighted by atomic mass is 10.0. The van der Waals surface area contributed by atoms with E-state index in [0.717, 1.165) is 45.2 Å². The van der Waals surface area contributed by atoms with Crippen molar-refractivity contribution in [2.24, 2.45) is 0 Å². The highest BCUT2D eigenvalue weighted by Gasteiger charge is 2.42. The highest BCUT2D eigenvalue weighted by atomic mass is 19.1. The molecule has 4 rings (SSSR count). The zero-order chi connectivity index (χ0) is 20.4. The van der Waals surface area contributed by atoms with Crippen LogP contribution in [0.1, 0.15) is 43.7 Å². The molecule has 2 heterocycles. The van der Waals surface area contributed by atoms with Crippen molar-refractivity contribution in [2.45, 2.75) is 39.0 Å². The molecule has 1 saturated heterocycles. The number of carbonyl (C=O) groups is 2. The van der Waals surface area contributed by atoms with Gasteiger partial charge < -0.3 is 4.90 Å². The number of rotatable bonds is 6. The van der Waals surface area contributed by atoms with E-state index in [1.165, 1.54) is 22.6 Å². The molecule has 2 amide bonds. The minimum absolute atomic E-state index is 0.294. The van der Waals surface area contributed by atoms with E-state index in [1.54, 1.807) is 12.1 Å². The summed E-state index contributed by atoms with van der Waals surface area (Å²) in [6.45, 7) is 3.66. The normalized spacial score (nSPS) is 17.0. The molecule has 2 aliphatic heterocycles. The zero-order valence-corrected chi connectivity index (χ0v) is 16.7. The Hall–Kier alpha value is -2.95. The fourth-order valence-electron chi connectivity index (χ4n) is 4.06. The Bertz CT molecular complexity index is 942. The van der Waals surface area contributed by atoms with Crippen LogP contribution in [0.5, 0.6) is 0 Å². The second-order valence-electron chi connectivity index (χ2n) is 7.64. The summed E-state index contributed by atoms with van der Waals surface area (Å²) in [5, 5.41) is 0. The van der Waals surface area contributed by atoms with Crippen molar-refractivity contribution in [3.63, 3.8) is 0 Å². The summed E-state index contributed by atoms with van der Waals surface area (Å²) in [5.41, 5.74) is 3.16. The van der Waals surface area contributed by atoms with Crippen LogP contribution in [0.15, 0.2) is 54.2 Å². The van der Waals surface area contributed by atoms with Crippen LogP contribution >= 0.6 is 0 Å². The molecule has 2 aromatic rings. The van der Waals surface area contributed by atoms with E-state index in [0.29, 0.717) is 22.5 Å².